The zero-order valence-corrected chi connectivity index (χ0v) is 11.2. The second kappa shape index (κ2) is 4.57. The third-order valence-corrected chi connectivity index (χ3v) is 5.14. The highest BCUT2D eigenvalue weighted by atomic mass is 32.2. The van der Waals surface area contributed by atoms with E-state index >= 15 is 0 Å². The zero-order chi connectivity index (χ0) is 12.7. The van der Waals surface area contributed by atoms with Gasteiger partial charge in [0.05, 0.1) is 5.75 Å². The predicted octanol–water partition coefficient (Wildman–Crippen LogP) is 1.90. The van der Waals surface area contributed by atoms with E-state index in [9.17, 15) is 4.79 Å². The fourth-order valence-electron chi connectivity index (χ4n) is 3.36. The van der Waals surface area contributed by atoms with Gasteiger partial charge in [-0.3, -0.25) is 4.79 Å². The van der Waals surface area contributed by atoms with Crippen LogP contribution in [0.4, 0.5) is 0 Å². The van der Waals surface area contributed by atoms with Crippen LogP contribution in [0.2, 0.25) is 0 Å². The molecule has 3 unspecified atom stereocenters. The van der Waals surface area contributed by atoms with Gasteiger partial charge in [-0.2, -0.15) is 5.10 Å². The van der Waals surface area contributed by atoms with Gasteiger partial charge in [0.15, 0.2) is 11.0 Å². The molecular weight excluding hydrogens is 250 g/mol. The Labute approximate surface area is 110 Å². The summed E-state index contributed by atoms with van der Waals surface area (Å²) < 4.78 is 1.72. The number of rotatable bonds is 4. The van der Waals surface area contributed by atoms with Crippen LogP contribution in [0.3, 0.4) is 0 Å². The Morgan fingerprint density at radius 3 is 2.94 bits per heavy atom. The summed E-state index contributed by atoms with van der Waals surface area (Å²) in [6.07, 6.45) is 5.23. The number of aliphatic carboxylic acids is 1. The molecule has 0 aliphatic heterocycles. The lowest BCUT2D eigenvalue weighted by Crippen LogP contribution is -2.10. The van der Waals surface area contributed by atoms with E-state index in [1.807, 2.05) is 7.05 Å². The summed E-state index contributed by atoms with van der Waals surface area (Å²) in [7, 11) is 1.84. The Balaban J connectivity index is 1.74. The third-order valence-electron chi connectivity index (χ3n) is 4.13. The topological polar surface area (TPSA) is 68.0 Å². The molecule has 2 aliphatic rings. The fourth-order valence-corrected chi connectivity index (χ4v) is 4.00. The van der Waals surface area contributed by atoms with E-state index in [-0.39, 0.29) is 5.75 Å². The minimum Gasteiger partial charge on any atom is -0.481 e. The van der Waals surface area contributed by atoms with Crippen LogP contribution in [0.1, 0.15) is 37.4 Å². The smallest absolute Gasteiger partial charge is 0.313 e. The summed E-state index contributed by atoms with van der Waals surface area (Å²) >= 11 is 1.24. The molecule has 3 rings (SSSR count). The second-order valence-electron chi connectivity index (χ2n) is 5.34. The molecule has 0 radical (unpaired) electrons. The first-order valence-electron chi connectivity index (χ1n) is 6.39. The molecule has 2 fully saturated rings. The quantitative estimate of drug-likeness (QED) is 0.844. The lowest BCUT2D eigenvalue weighted by molar-refractivity contribution is -0.133. The van der Waals surface area contributed by atoms with Crippen molar-refractivity contribution in [3.8, 4) is 0 Å². The van der Waals surface area contributed by atoms with Crippen molar-refractivity contribution in [2.75, 3.05) is 5.75 Å². The summed E-state index contributed by atoms with van der Waals surface area (Å²) in [5.74, 6) is 2.30. The van der Waals surface area contributed by atoms with E-state index in [0.717, 1.165) is 22.8 Å². The lowest BCUT2D eigenvalue weighted by atomic mass is 9.88. The molecule has 1 N–H and O–H groups in total. The number of thioether (sulfide) groups is 1. The van der Waals surface area contributed by atoms with Crippen molar-refractivity contribution in [3.63, 3.8) is 0 Å². The lowest BCUT2D eigenvalue weighted by Gasteiger charge is -2.17. The van der Waals surface area contributed by atoms with Gasteiger partial charge >= 0.3 is 5.97 Å². The first kappa shape index (κ1) is 12.0. The van der Waals surface area contributed by atoms with Crippen LogP contribution in [0, 0.1) is 11.8 Å². The highest BCUT2D eigenvalue weighted by Crippen LogP contribution is 2.52. The maximum atomic E-state index is 10.6. The van der Waals surface area contributed by atoms with Crippen LogP contribution < -0.4 is 0 Å². The first-order chi connectivity index (χ1) is 8.63. The Bertz CT molecular complexity index is 474. The molecule has 2 bridgehead atoms. The SMILES string of the molecule is Cn1nc(C2CC3CCC2C3)nc1SCC(=O)O. The molecule has 1 aromatic heterocycles. The van der Waals surface area contributed by atoms with Crippen LogP contribution in [0.15, 0.2) is 5.16 Å². The molecule has 0 saturated heterocycles. The van der Waals surface area contributed by atoms with Gasteiger partial charge in [0, 0.05) is 13.0 Å². The molecule has 2 aliphatic carbocycles. The van der Waals surface area contributed by atoms with Crippen molar-refractivity contribution in [1.29, 1.82) is 0 Å². The van der Waals surface area contributed by atoms with Gasteiger partial charge < -0.3 is 5.11 Å². The van der Waals surface area contributed by atoms with Gasteiger partial charge in [0.2, 0.25) is 0 Å². The van der Waals surface area contributed by atoms with E-state index in [4.69, 9.17) is 5.11 Å². The number of fused-ring (bicyclic) bond motifs is 2. The summed E-state index contributed by atoms with van der Waals surface area (Å²) in [4.78, 5) is 15.1. The van der Waals surface area contributed by atoms with Crippen molar-refractivity contribution in [2.45, 2.75) is 36.8 Å². The maximum absolute atomic E-state index is 10.6. The molecule has 0 amide bonds. The Hall–Kier alpha value is -1.04. The fraction of sp³-hybridized carbons (Fsp3) is 0.750. The molecule has 1 aromatic rings. The zero-order valence-electron chi connectivity index (χ0n) is 10.4. The van der Waals surface area contributed by atoms with Gasteiger partial charge in [0.1, 0.15) is 0 Å². The van der Waals surface area contributed by atoms with Crippen molar-refractivity contribution in [3.05, 3.63) is 5.82 Å². The van der Waals surface area contributed by atoms with Gasteiger partial charge in [-0.25, -0.2) is 9.67 Å². The second-order valence-corrected chi connectivity index (χ2v) is 6.28. The highest BCUT2D eigenvalue weighted by molar-refractivity contribution is 7.99. The van der Waals surface area contributed by atoms with E-state index in [0.29, 0.717) is 5.92 Å². The summed E-state index contributed by atoms with van der Waals surface area (Å²) in [6.45, 7) is 0. The molecule has 2 saturated carbocycles. The Morgan fingerprint density at radius 2 is 2.33 bits per heavy atom. The number of carboxylic acids is 1. The van der Waals surface area contributed by atoms with Crippen LogP contribution in [0.5, 0.6) is 0 Å². The minimum absolute atomic E-state index is 0.0443. The average Bonchev–Trinajstić information content (AvgIpc) is 3.00. The highest BCUT2D eigenvalue weighted by Gasteiger charge is 2.42. The molecule has 98 valence electrons. The number of hydrogen-bond donors (Lipinski definition) is 1. The van der Waals surface area contributed by atoms with Crippen LogP contribution in [-0.4, -0.2) is 31.6 Å². The molecule has 0 spiro atoms. The van der Waals surface area contributed by atoms with Crippen LogP contribution in [-0.2, 0) is 11.8 Å². The van der Waals surface area contributed by atoms with E-state index in [1.165, 1.54) is 37.4 Å². The summed E-state index contributed by atoms with van der Waals surface area (Å²) in [5.41, 5.74) is 0. The normalized spacial score (nSPS) is 29.9. The van der Waals surface area contributed by atoms with Crippen molar-refractivity contribution in [1.82, 2.24) is 14.8 Å². The molecule has 3 atom stereocenters. The average molecular weight is 267 g/mol. The summed E-state index contributed by atoms with van der Waals surface area (Å²) in [6, 6.07) is 0. The molecule has 18 heavy (non-hydrogen) atoms. The standard InChI is InChI=1S/C12H17N3O2S/c1-15-12(18-6-10(16)17)13-11(14-15)9-5-7-2-3-8(9)4-7/h7-9H,2-6H2,1H3,(H,16,17). The van der Waals surface area contributed by atoms with Gasteiger partial charge in [-0.05, 0) is 31.1 Å². The van der Waals surface area contributed by atoms with Crippen LogP contribution >= 0.6 is 11.8 Å². The van der Waals surface area contributed by atoms with Crippen molar-refractivity contribution < 1.29 is 9.90 Å². The van der Waals surface area contributed by atoms with Gasteiger partial charge in [-0.15, -0.1) is 0 Å². The number of aromatic nitrogens is 3. The molecule has 5 nitrogen and oxygen atoms in total. The van der Waals surface area contributed by atoms with E-state index < -0.39 is 5.97 Å². The number of nitrogens with zero attached hydrogens (tertiary/aromatic N) is 3. The Morgan fingerprint density at radius 1 is 1.50 bits per heavy atom. The minimum atomic E-state index is -0.815. The number of hydrogen-bond acceptors (Lipinski definition) is 4. The van der Waals surface area contributed by atoms with Gasteiger partial charge in [-0.1, -0.05) is 18.2 Å². The maximum Gasteiger partial charge on any atom is 0.313 e. The predicted molar refractivity (Wildman–Crippen MR) is 67.6 cm³/mol. The van der Waals surface area contributed by atoms with Crippen molar-refractivity contribution >= 4 is 17.7 Å². The van der Waals surface area contributed by atoms with Crippen LogP contribution in [0.25, 0.3) is 0 Å². The molecule has 6 heteroatoms. The summed E-state index contributed by atoms with van der Waals surface area (Å²) in [5, 5.41) is 13.9. The van der Waals surface area contributed by atoms with Gasteiger partial charge in [0.25, 0.3) is 0 Å². The van der Waals surface area contributed by atoms with Crippen molar-refractivity contribution in [2.24, 2.45) is 18.9 Å². The molecular formula is C12H17N3O2S. The largest absolute Gasteiger partial charge is 0.481 e. The third kappa shape index (κ3) is 2.13. The monoisotopic (exact) mass is 267 g/mol. The van der Waals surface area contributed by atoms with E-state index in [1.54, 1.807) is 4.68 Å². The van der Waals surface area contributed by atoms with E-state index in [2.05, 4.69) is 10.1 Å². The Kier molecular flexibility index (Phi) is 3.05. The number of aryl methyl sites for hydroxylation is 1. The number of carboxylic acid groups (broad SMARTS) is 1. The first-order valence-corrected chi connectivity index (χ1v) is 7.37. The molecule has 1 heterocycles. The molecule has 0 aromatic carbocycles. The number of carbonyl (C=O) groups is 1.